The zero-order chi connectivity index (χ0) is 23.0. The number of fused-ring (bicyclic) bond motifs is 1. The SMILES string of the molecule is CCCCCCCCc1ccc(S(=O)(=O)NCC2Cc3ccc(CC(=O)O)cc3C2)cc1. The largest absolute Gasteiger partial charge is 0.481 e. The minimum absolute atomic E-state index is 0.0133. The van der Waals surface area contributed by atoms with Crippen molar-refractivity contribution in [2.24, 2.45) is 5.92 Å². The van der Waals surface area contributed by atoms with Crippen LogP contribution in [0.15, 0.2) is 47.4 Å². The third-order valence-electron chi connectivity index (χ3n) is 6.26. The van der Waals surface area contributed by atoms with E-state index in [0.29, 0.717) is 11.4 Å². The number of hydrogen-bond donors (Lipinski definition) is 2. The van der Waals surface area contributed by atoms with Gasteiger partial charge in [-0.25, -0.2) is 13.1 Å². The summed E-state index contributed by atoms with van der Waals surface area (Å²) in [6.07, 6.45) is 10.1. The van der Waals surface area contributed by atoms with Gasteiger partial charge < -0.3 is 5.11 Å². The van der Waals surface area contributed by atoms with Crippen LogP contribution < -0.4 is 4.72 Å². The molecular weight excluding hydrogens is 422 g/mol. The van der Waals surface area contributed by atoms with E-state index in [0.717, 1.165) is 36.8 Å². The van der Waals surface area contributed by atoms with Crippen LogP contribution in [0.4, 0.5) is 0 Å². The molecule has 32 heavy (non-hydrogen) atoms. The second-order valence-corrected chi connectivity index (χ2v) is 10.7. The molecule has 3 rings (SSSR count). The lowest BCUT2D eigenvalue weighted by atomic mass is 10.0. The third kappa shape index (κ3) is 7.17. The first-order valence-electron chi connectivity index (χ1n) is 11.8. The summed E-state index contributed by atoms with van der Waals surface area (Å²) in [6, 6.07) is 13.0. The Kier molecular flexibility index (Phi) is 8.88. The van der Waals surface area contributed by atoms with Crippen LogP contribution in [0.2, 0.25) is 0 Å². The van der Waals surface area contributed by atoms with Crippen LogP contribution in [0.1, 0.15) is 67.7 Å². The average Bonchev–Trinajstić information content (AvgIpc) is 3.17. The van der Waals surface area contributed by atoms with Crippen LogP contribution >= 0.6 is 0 Å². The number of nitrogens with one attached hydrogen (secondary N) is 1. The van der Waals surface area contributed by atoms with Gasteiger partial charge in [0.05, 0.1) is 11.3 Å². The number of rotatable bonds is 13. The Labute approximate surface area is 192 Å². The van der Waals surface area contributed by atoms with E-state index in [1.165, 1.54) is 43.2 Å². The summed E-state index contributed by atoms with van der Waals surface area (Å²) in [4.78, 5) is 11.2. The summed E-state index contributed by atoms with van der Waals surface area (Å²) in [5.74, 6) is -0.655. The molecule has 0 saturated heterocycles. The Hall–Kier alpha value is -2.18. The number of hydrogen-bond acceptors (Lipinski definition) is 3. The van der Waals surface area contributed by atoms with Crippen molar-refractivity contribution in [3.63, 3.8) is 0 Å². The highest BCUT2D eigenvalue weighted by atomic mass is 32.2. The maximum absolute atomic E-state index is 12.7. The van der Waals surface area contributed by atoms with Gasteiger partial charge in [-0.05, 0) is 66.0 Å². The van der Waals surface area contributed by atoms with E-state index in [1.54, 1.807) is 12.1 Å². The molecule has 1 atom stereocenters. The van der Waals surface area contributed by atoms with Gasteiger partial charge in [-0.15, -0.1) is 0 Å². The van der Waals surface area contributed by atoms with E-state index in [1.807, 2.05) is 30.3 Å². The van der Waals surface area contributed by atoms with Crippen molar-refractivity contribution in [3.8, 4) is 0 Å². The smallest absolute Gasteiger partial charge is 0.307 e. The normalized spacial score (nSPS) is 15.6. The quantitative estimate of drug-likeness (QED) is 0.419. The highest BCUT2D eigenvalue weighted by Gasteiger charge is 2.24. The van der Waals surface area contributed by atoms with Crippen molar-refractivity contribution in [2.75, 3.05) is 6.54 Å². The number of carbonyl (C=O) groups is 1. The number of unbranched alkanes of at least 4 members (excludes halogenated alkanes) is 5. The molecule has 0 radical (unpaired) electrons. The number of aliphatic carboxylic acids is 1. The molecule has 5 nitrogen and oxygen atoms in total. The molecule has 0 bridgehead atoms. The average molecular weight is 458 g/mol. The molecule has 1 aliphatic carbocycles. The van der Waals surface area contributed by atoms with Gasteiger partial charge in [0.25, 0.3) is 0 Å². The predicted molar refractivity (Wildman–Crippen MR) is 127 cm³/mol. The maximum Gasteiger partial charge on any atom is 0.307 e. The van der Waals surface area contributed by atoms with Gasteiger partial charge in [-0.1, -0.05) is 69.4 Å². The minimum atomic E-state index is -3.54. The summed E-state index contributed by atoms with van der Waals surface area (Å²) in [5.41, 5.74) is 4.29. The molecule has 0 spiro atoms. The molecule has 6 heteroatoms. The standard InChI is InChI=1S/C26H35NO4S/c1-2-3-4-5-6-7-8-20-10-13-25(14-11-20)32(30,31)27-19-22-16-23-12-9-21(18-26(28)29)15-24(23)17-22/h9-15,22,27H,2-8,16-19H2,1H3,(H,28,29). The Bertz CT molecular complexity index is 999. The summed E-state index contributed by atoms with van der Waals surface area (Å²) in [5, 5.41) is 8.97. The monoisotopic (exact) mass is 457 g/mol. The molecular formula is C26H35NO4S. The van der Waals surface area contributed by atoms with E-state index in [4.69, 9.17) is 5.11 Å². The van der Waals surface area contributed by atoms with Crippen LogP contribution in [0.25, 0.3) is 0 Å². The number of carboxylic acids is 1. The molecule has 2 aromatic carbocycles. The van der Waals surface area contributed by atoms with Gasteiger partial charge in [-0.2, -0.15) is 0 Å². The van der Waals surface area contributed by atoms with Gasteiger partial charge >= 0.3 is 5.97 Å². The molecule has 0 amide bonds. The van der Waals surface area contributed by atoms with E-state index < -0.39 is 16.0 Å². The predicted octanol–water partition coefficient (Wildman–Crippen LogP) is 4.91. The van der Waals surface area contributed by atoms with Crippen molar-refractivity contribution in [2.45, 2.75) is 76.0 Å². The Morgan fingerprint density at radius 3 is 2.31 bits per heavy atom. The lowest BCUT2D eigenvalue weighted by molar-refractivity contribution is -0.136. The number of benzene rings is 2. The fourth-order valence-corrected chi connectivity index (χ4v) is 5.56. The van der Waals surface area contributed by atoms with Gasteiger partial charge in [0, 0.05) is 6.54 Å². The molecule has 1 unspecified atom stereocenters. The fourth-order valence-electron chi connectivity index (χ4n) is 4.45. The lowest BCUT2D eigenvalue weighted by Gasteiger charge is -2.12. The molecule has 0 saturated carbocycles. The fraction of sp³-hybridized carbons (Fsp3) is 0.500. The highest BCUT2D eigenvalue weighted by Crippen LogP contribution is 2.28. The first-order valence-corrected chi connectivity index (χ1v) is 13.3. The van der Waals surface area contributed by atoms with Crippen LogP contribution in [0, 0.1) is 5.92 Å². The van der Waals surface area contributed by atoms with E-state index in [2.05, 4.69) is 11.6 Å². The molecule has 2 N–H and O–H groups in total. The van der Waals surface area contributed by atoms with E-state index in [9.17, 15) is 13.2 Å². The highest BCUT2D eigenvalue weighted by molar-refractivity contribution is 7.89. The first-order chi connectivity index (χ1) is 15.4. The van der Waals surface area contributed by atoms with Crippen LogP contribution in [0.5, 0.6) is 0 Å². The van der Waals surface area contributed by atoms with Crippen molar-refractivity contribution in [1.82, 2.24) is 4.72 Å². The van der Waals surface area contributed by atoms with Crippen LogP contribution in [-0.4, -0.2) is 26.0 Å². The Balaban J connectivity index is 1.47. The second-order valence-electron chi connectivity index (χ2n) is 8.96. The number of sulfonamides is 1. The summed E-state index contributed by atoms with van der Waals surface area (Å²) >= 11 is 0. The second kappa shape index (κ2) is 11.6. The van der Waals surface area contributed by atoms with Crippen molar-refractivity contribution >= 4 is 16.0 Å². The summed E-state index contributed by atoms with van der Waals surface area (Å²) in [7, 11) is -3.54. The third-order valence-corrected chi connectivity index (χ3v) is 7.70. The first kappa shape index (κ1) is 24.5. The molecule has 174 valence electrons. The summed E-state index contributed by atoms with van der Waals surface area (Å²) < 4.78 is 28.2. The zero-order valence-electron chi connectivity index (χ0n) is 19.0. The maximum atomic E-state index is 12.7. The van der Waals surface area contributed by atoms with Crippen LogP contribution in [-0.2, 0) is 40.5 Å². The van der Waals surface area contributed by atoms with Crippen molar-refractivity contribution in [3.05, 3.63) is 64.7 Å². The Morgan fingerprint density at radius 1 is 0.938 bits per heavy atom. The van der Waals surface area contributed by atoms with Gasteiger partial charge in [0.2, 0.25) is 10.0 Å². The van der Waals surface area contributed by atoms with Gasteiger partial charge in [0.15, 0.2) is 0 Å². The molecule has 0 aliphatic heterocycles. The van der Waals surface area contributed by atoms with Crippen molar-refractivity contribution in [1.29, 1.82) is 0 Å². The topological polar surface area (TPSA) is 83.5 Å². The van der Waals surface area contributed by atoms with Crippen molar-refractivity contribution < 1.29 is 18.3 Å². The Morgan fingerprint density at radius 2 is 1.59 bits per heavy atom. The molecule has 2 aromatic rings. The number of aryl methyl sites for hydroxylation is 1. The van der Waals surface area contributed by atoms with E-state index >= 15 is 0 Å². The van der Waals surface area contributed by atoms with E-state index in [-0.39, 0.29) is 12.3 Å². The summed E-state index contributed by atoms with van der Waals surface area (Å²) in [6.45, 7) is 2.60. The van der Waals surface area contributed by atoms with Gasteiger partial charge in [-0.3, -0.25) is 4.79 Å². The molecule has 1 aliphatic rings. The molecule has 0 aromatic heterocycles. The number of carboxylic acid groups (broad SMARTS) is 1. The zero-order valence-corrected chi connectivity index (χ0v) is 19.8. The lowest BCUT2D eigenvalue weighted by Crippen LogP contribution is -2.29. The molecule has 0 heterocycles. The molecule has 0 fully saturated rings. The van der Waals surface area contributed by atoms with Gasteiger partial charge in [0.1, 0.15) is 0 Å². The van der Waals surface area contributed by atoms with Crippen LogP contribution in [0.3, 0.4) is 0 Å². The minimum Gasteiger partial charge on any atom is -0.481 e.